The molecule has 0 saturated carbocycles. The number of benzene rings is 4. The van der Waals surface area contributed by atoms with Gasteiger partial charge in [-0.1, -0.05) is 97.9 Å². The second-order valence-corrected chi connectivity index (χ2v) is 14.2. The number of aliphatic hydroxyl groups excluding tert-OH is 1. The van der Waals surface area contributed by atoms with Gasteiger partial charge in [-0.3, -0.25) is 0 Å². The Balaban J connectivity index is 1.34. The van der Waals surface area contributed by atoms with Crippen LogP contribution in [0.5, 0.6) is 0 Å². The van der Waals surface area contributed by atoms with Gasteiger partial charge in [0.25, 0.3) is 10.0 Å². The molecule has 6 nitrogen and oxygen atoms in total. The fourth-order valence-electron chi connectivity index (χ4n) is 5.65. The molecule has 0 bridgehead atoms. The summed E-state index contributed by atoms with van der Waals surface area (Å²) in [5, 5.41) is 10.7. The zero-order valence-corrected chi connectivity index (χ0v) is 26.6. The monoisotopic (exact) mass is 621 g/mol. The fraction of sp³-hybridized carbons (Fsp3) is 0.194. The average Bonchev–Trinajstić information content (AvgIpc) is 3.60. The predicted molar refractivity (Wildman–Crippen MR) is 178 cm³/mol. The van der Waals surface area contributed by atoms with E-state index in [-0.39, 0.29) is 4.21 Å². The summed E-state index contributed by atoms with van der Waals surface area (Å²) in [5.41, 5.74) is 8.64. The molecule has 0 spiro atoms. The standard InChI is InChI=1S/C36H35N3O3S2/c1-4-33-37-34-25(3)19-24(2)20-32(34)39(33)23-27-15-17-28(18-16-27)31-22-30(21-26-11-7-5-8-12-26)43-36(31)44(41,42)38-35(40)29-13-9-6-10-14-29/h5-20,22,35,38,40H,4,21,23H2,1-3H3. The minimum atomic E-state index is -4.04. The topological polar surface area (TPSA) is 84.2 Å². The molecular weight excluding hydrogens is 587 g/mol. The number of fused-ring (bicyclic) bond motifs is 1. The molecule has 0 aliphatic rings. The van der Waals surface area contributed by atoms with Gasteiger partial charge in [0.05, 0.1) is 11.0 Å². The van der Waals surface area contributed by atoms with Gasteiger partial charge in [0, 0.05) is 29.8 Å². The minimum absolute atomic E-state index is 0.186. The number of imidazole rings is 1. The molecule has 6 rings (SSSR count). The Kier molecular flexibility index (Phi) is 8.51. The summed E-state index contributed by atoms with van der Waals surface area (Å²) in [6, 6.07) is 33.1. The van der Waals surface area contributed by atoms with Crippen LogP contribution in [0.2, 0.25) is 0 Å². The van der Waals surface area contributed by atoms with Crippen molar-refractivity contribution in [2.75, 3.05) is 0 Å². The Labute approximate surface area is 262 Å². The van der Waals surface area contributed by atoms with Crippen LogP contribution >= 0.6 is 11.3 Å². The summed E-state index contributed by atoms with van der Waals surface area (Å²) in [5.74, 6) is 1.04. The van der Waals surface area contributed by atoms with Crippen LogP contribution in [0.15, 0.2) is 107 Å². The van der Waals surface area contributed by atoms with Gasteiger partial charge in [-0.05, 0) is 59.4 Å². The van der Waals surface area contributed by atoms with E-state index in [2.05, 4.69) is 54.3 Å². The lowest BCUT2D eigenvalue weighted by Gasteiger charge is -2.14. The van der Waals surface area contributed by atoms with Gasteiger partial charge in [0.2, 0.25) is 0 Å². The molecule has 2 heterocycles. The first-order valence-electron chi connectivity index (χ1n) is 14.7. The van der Waals surface area contributed by atoms with Crippen molar-refractivity contribution < 1.29 is 13.5 Å². The maximum atomic E-state index is 13.7. The van der Waals surface area contributed by atoms with E-state index in [1.165, 1.54) is 22.5 Å². The molecule has 0 saturated heterocycles. The molecule has 4 aromatic carbocycles. The molecule has 0 radical (unpaired) electrons. The third-order valence-corrected chi connectivity index (χ3v) is 10.9. The van der Waals surface area contributed by atoms with Crippen LogP contribution in [0.3, 0.4) is 0 Å². The number of hydrogen-bond acceptors (Lipinski definition) is 5. The Morgan fingerprint density at radius 3 is 2.25 bits per heavy atom. The van der Waals surface area contributed by atoms with Crippen molar-refractivity contribution in [2.24, 2.45) is 0 Å². The molecule has 44 heavy (non-hydrogen) atoms. The zero-order valence-electron chi connectivity index (χ0n) is 25.0. The van der Waals surface area contributed by atoms with Gasteiger partial charge < -0.3 is 9.67 Å². The van der Waals surface area contributed by atoms with Gasteiger partial charge in [-0.25, -0.2) is 13.4 Å². The number of hydrogen-bond donors (Lipinski definition) is 2. The first-order valence-corrected chi connectivity index (χ1v) is 17.0. The van der Waals surface area contributed by atoms with Crippen LogP contribution in [0.4, 0.5) is 0 Å². The highest BCUT2D eigenvalue weighted by molar-refractivity contribution is 7.91. The Hall–Kier alpha value is -4.08. The number of thiophene rings is 1. The zero-order chi connectivity index (χ0) is 30.8. The Morgan fingerprint density at radius 2 is 1.57 bits per heavy atom. The summed E-state index contributed by atoms with van der Waals surface area (Å²) in [4.78, 5) is 5.85. The quantitative estimate of drug-likeness (QED) is 0.155. The molecule has 0 amide bonds. The first-order chi connectivity index (χ1) is 21.2. The molecule has 0 aliphatic heterocycles. The smallest absolute Gasteiger partial charge is 0.253 e. The van der Waals surface area contributed by atoms with E-state index < -0.39 is 16.3 Å². The van der Waals surface area contributed by atoms with Crippen LogP contribution < -0.4 is 4.72 Å². The van der Waals surface area contributed by atoms with Crippen molar-refractivity contribution in [1.29, 1.82) is 0 Å². The third-order valence-electron chi connectivity index (χ3n) is 7.79. The largest absolute Gasteiger partial charge is 0.373 e. The number of nitrogens with zero attached hydrogens (tertiary/aromatic N) is 2. The molecular formula is C36H35N3O3S2. The van der Waals surface area contributed by atoms with E-state index in [9.17, 15) is 13.5 Å². The van der Waals surface area contributed by atoms with Crippen LogP contribution in [0.25, 0.3) is 22.2 Å². The highest BCUT2D eigenvalue weighted by atomic mass is 32.2. The van der Waals surface area contributed by atoms with Crippen molar-refractivity contribution in [1.82, 2.24) is 14.3 Å². The first kappa shape index (κ1) is 30.0. The van der Waals surface area contributed by atoms with Gasteiger partial charge in [-0.15, -0.1) is 11.3 Å². The molecule has 0 aliphatic carbocycles. The highest BCUT2D eigenvalue weighted by Crippen LogP contribution is 2.37. The van der Waals surface area contributed by atoms with E-state index in [0.717, 1.165) is 44.8 Å². The predicted octanol–water partition coefficient (Wildman–Crippen LogP) is 7.55. The van der Waals surface area contributed by atoms with Gasteiger partial charge in [0.15, 0.2) is 0 Å². The van der Waals surface area contributed by atoms with Crippen LogP contribution in [0, 0.1) is 13.8 Å². The number of aryl methyl sites for hydroxylation is 3. The second-order valence-electron chi connectivity index (χ2n) is 11.1. The normalized spacial score (nSPS) is 12.5. The van der Waals surface area contributed by atoms with Gasteiger partial charge in [-0.2, -0.15) is 4.72 Å². The third kappa shape index (κ3) is 6.25. The van der Waals surface area contributed by atoms with Crippen molar-refractivity contribution in [2.45, 2.75) is 50.6 Å². The lowest BCUT2D eigenvalue weighted by molar-refractivity contribution is 0.166. The van der Waals surface area contributed by atoms with Crippen LogP contribution in [0.1, 0.15) is 51.7 Å². The lowest BCUT2D eigenvalue weighted by Crippen LogP contribution is -2.28. The summed E-state index contributed by atoms with van der Waals surface area (Å²) in [6.07, 6.45) is 0.0775. The van der Waals surface area contributed by atoms with E-state index in [0.29, 0.717) is 24.1 Å². The Morgan fingerprint density at radius 1 is 0.886 bits per heavy atom. The van der Waals surface area contributed by atoms with Crippen molar-refractivity contribution in [3.05, 3.63) is 142 Å². The molecule has 2 aromatic heterocycles. The number of sulfonamides is 1. The molecule has 8 heteroatoms. The second kappa shape index (κ2) is 12.5. The molecule has 2 N–H and O–H groups in total. The van der Waals surface area contributed by atoms with Crippen LogP contribution in [-0.2, 0) is 29.4 Å². The molecule has 224 valence electrons. The molecule has 1 unspecified atom stereocenters. The van der Waals surface area contributed by atoms with Crippen molar-refractivity contribution in [3.63, 3.8) is 0 Å². The van der Waals surface area contributed by atoms with E-state index in [4.69, 9.17) is 4.98 Å². The Bertz CT molecular complexity index is 2010. The van der Waals surface area contributed by atoms with Gasteiger partial charge in [0.1, 0.15) is 16.3 Å². The summed E-state index contributed by atoms with van der Waals surface area (Å²) >= 11 is 1.24. The minimum Gasteiger partial charge on any atom is -0.373 e. The molecule has 0 fully saturated rings. The summed E-state index contributed by atoms with van der Waals surface area (Å²) in [7, 11) is -4.04. The molecule has 6 aromatic rings. The molecule has 1 atom stereocenters. The van der Waals surface area contributed by atoms with Crippen LogP contribution in [-0.4, -0.2) is 23.1 Å². The van der Waals surface area contributed by atoms with Crippen molar-refractivity contribution in [3.8, 4) is 11.1 Å². The van der Waals surface area contributed by atoms with E-state index >= 15 is 0 Å². The number of nitrogens with one attached hydrogen (secondary N) is 1. The van der Waals surface area contributed by atoms with E-state index in [1.54, 1.807) is 24.3 Å². The number of aliphatic hydroxyl groups is 1. The number of rotatable bonds is 10. The highest BCUT2D eigenvalue weighted by Gasteiger charge is 2.26. The lowest BCUT2D eigenvalue weighted by atomic mass is 10.0. The van der Waals surface area contributed by atoms with Crippen molar-refractivity contribution >= 4 is 32.4 Å². The maximum absolute atomic E-state index is 13.7. The summed E-state index contributed by atoms with van der Waals surface area (Å²) < 4.78 is 32.4. The van der Waals surface area contributed by atoms with Gasteiger partial charge >= 0.3 is 0 Å². The summed E-state index contributed by atoms with van der Waals surface area (Å²) in [6.45, 7) is 7.00. The fourth-order valence-corrected chi connectivity index (χ4v) is 8.50. The SMILES string of the molecule is CCc1nc2c(C)cc(C)cc2n1Cc1ccc(-c2cc(Cc3ccccc3)sc2S(=O)(=O)NC(O)c2ccccc2)cc1. The maximum Gasteiger partial charge on any atom is 0.253 e. The van der Waals surface area contributed by atoms with E-state index in [1.807, 2.05) is 54.6 Å². The average molecular weight is 622 g/mol. The number of aromatic nitrogens is 2.